The van der Waals surface area contributed by atoms with Gasteiger partial charge in [-0.2, -0.15) is 0 Å². The first-order valence-electron chi connectivity index (χ1n) is 18.7. The summed E-state index contributed by atoms with van der Waals surface area (Å²) in [5.41, 5.74) is 0.482. The Bertz CT molecular complexity index is 1360. The predicted octanol–water partition coefficient (Wildman–Crippen LogP) is 11.7. The maximum absolute atomic E-state index is 15.4. The van der Waals surface area contributed by atoms with Gasteiger partial charge >= 0.3 is 33.1 Å². The van der Waals surface area contributed by atoms with Crippen LogP contribution in [0.4, 0.5) is 0 Å². The molecule has 0 heterocycles. The minimum Gasteiger partial charge on any atom is -0.438 e. The van der Waals surface area contributed by atoms with E-state index in [1.807, 2.05) is 41.5 Å². The predicted molar refractivity (Wildman–Crippen MR) is 214 cm³/mol. The van der Waals surface area contributed by atoms with Crippen LogP contribution in [0.2, 0.25) is 0 Å². The molecule has 0 saturated carbocycles. The van der Waals surface area contributed by atoms with Gasteiger partial charge in [-0.25, -0.2) is 0 Å². The molecule has 0 N–H and O–H groups in total. The third kappa shape index (κ3) is 18.7. The third-order valence-electron chi connectivity index (χ3n) is 8.27. The number of esters is 3. The molecule has 0 bridgehead atoms. The highest BCUT2D eigenvalue weighted by Crippen LogP contribution is 2.79. The Balaban J connectivity index is 7.28. The molecule has 0 aromatic carbocycles. The highest BCUT2D eigenvalue weighted by molar-refractivity contribution is 7.74. The van der Waals surface area contributed by atoms with E-state index in [1.165, 1.54) is 12.5 Å². The summed E-state index contributed by atoms with van der Waals surface area (Å²) < 4.78 is 70.4. The van der Waals surface area contributed by atoms with Crippen molar-refractivity contribution in [1.29, 1.82) is 0 Å². The lowest BCUT2D eigenvalue weighted by atomic mass is 9.98. The highest BCUT2D eigenvalue weighted by Gasteiger charge is 2.62. The fraction of sp³-hybridized carbons (Fsp3) is 0.775. The van der Waals surface area contributed by atoms with Crippen LogP contribution in [0, 0.1) is 22.2 Å². The Morgan fingerprint density at radius 1 is 0.556 bits per heavy atom. The molecule has 3 atom stereocenters. The Kier molecular flexibility index (Phi) is 21.7. The van der Waals surface area contributed by atoms with Crippen LogP contribution in [0.25, 0.3) is 0 Å². The standard InChI is InChI=1S/C40H72O12P2/c1-30(2)19-17-21-32(5)23-25-40(16,54(45,51-28-47-35(42)38(10,11)12)52-29-48-36(43)39(13,14)15)53(44,50-27-46-34(41)37(7,8)9)49-26-24-33(6)22-18-20-31(3)4/h19-20,23,33H,17-18,21-22,24-29H2,1-16H3/b32-23+/t33-,40?,53?/m0/s1. The van der Waals surface area contributed by atoms with Crippen molar-refractivity contribution in [3.05, 3.63) is 34.9 Å². The zero-order chi connectivity index (χ0) is 42.2. The second kappa shape index (κ2) is 22.6. The average molecular weight is 807 g/mol. The first-order valence-corrected chi connectivity index (χ1v) is 21.8. The van der Waals surface area contributed by atoms with Crippen LogP contribution in [-0.4, -0.2) is 49.8 Å². The number of carbonyl (C=O) groups is 3. The number of hydrogen-bond donors (Lipinski definition) is 0. The zero-order valence-electron chi connectivity index (χ0n) is 36.2. The molecule has 0 radical (unpaired) electrons. The summed E-state index contributed by atoms with van der Waals surface area (Å²) in [6.07, 6.45) is 9.28. The molecule has 0 aliphatic rings. The van der Waals surface area contributed by atoms with Crippen LogP contribution >= 0.6 is 15.2 Å². The molecule has 0 fully saturated rings. The summed E-state index contributed by atoms with van der Waals surface area (Å²) in [6.45, 7) is 25.6. The van der Waals surface area contributed by atoms with Crippen molar-refractivity contribution in [2.24, 2.45) is 22.2 Å². The van der Waals surface area contributed by atoms with Crippen LogP contribution in [0.5, 0.6) is 0 Å². The molecule has 54 heavy (non-hydrogen) atoms. The largest absolute Gasteiger partial charge is 0.438 e. The summed E-state index contributed by atoms with van der Waals surface area (Å²) in [5.74, 6) is -1.78. The van der Waals surface area contributed by atoms with Crippen LogP contribution < -0.4 is 0 Å². The van der Waals surface area contributed by atoms with E-state index < -0.39 is 74.6 Å². The summed E-state index contributed by atoms with van der Waals surface area (Å²) >= 11 is 0. The molecule has 0 aromatic heterocycles. The first-order chi connectivity index (χ1) is 24.5. The smallest absolute Gasteiger partial charge is 0.354 e. The van der Waals surface area contributed by atoms with Gasteiger partial charge in [-0.05, 0) is 148 Å². The second-order valence-corrected chi connectivity index (χ2v) is 23.0. The Hall–Kier alpha value is -2.07. The Labute approximate surface area is 326 Å². The number of ether oxygens (including phenoxy) is 3. The zero-order valence-corrected chi connectivity index (χ0v) is 38.0. The SMILES string of the molecule is CC(C)=CCC/C(C)=C/CC(C)(P(=O)(OCC[C@@H](C)CCC=C(C)C)OCOC(=O)C(C)(C)C)P(=O)(OCOC(=O)C(C)(C)C)OCOC(=O)C(C)(C)C. The molecule has 0 rings (SSSR count). The van der Waals surface area contributed by atoms with E-state index in [4.69, 9.17) is 32.3 Å². The number of allylic oxidation sites excluding steroid dienone is 6. The number of hydrogen-bond acceptors (Lipinski definition) is 12. The van der Waals surface area contributed by atoms with Crippen LogP contribution in [0.3, 0.4) is 0 Å². The fourth-order valence-corrected chi connectivity index (χ4v) is 9.04. The Morgan fingerprint density at radius 3 is 1.30 bits per heavy atom. The van der Waals surface area contributed by atoms with Gasteiger partial charge in [0.15, 0.2) is 4.90 Å². The number of carbonyl (C=O) groups excluding carboxylic acids is 3. The van der Waals surface area contributed by atoms with Gasteiger partial charge in [-0.15, -0.1) is 0 Å². The summed E-state index contributed by atoms with van der Waals surface area (Å²) in [5, 5.41) is 0. The molecule has 0 amide bonds. The first kappa shape index (κ1) is 51.9. The molecule has 0 aromatic rings. The van der Waals surface area contributed by atoms with Crippen molar-refractivity contribution in [2.45, 2.75) is 154 Å². The maximum Gasteiger partial charge on any atom is 0.354 e. The van der Waals surface area contributed by atoms with Crippen LogP contribution in [-0.2, 0) is 55.8 Å². The van der Waals surface area contributed by atoms with E-state index in [1.54, 1.807) is 68.4 Å². The minimum atomic E-state index is -4.84. The molecule has 314 valence electrons. The summed E-state index contributed by atoms with van der Waals surface area (Å²) in [7, 11) is -9.54. The molecule has 0 saturated heterocycles. The topological polar surface area (TPSA) is 150 Å². The normalized spacial score (nSPS) is 15.7. The quantitative estimate of drug-likeness (QED) is 0.0318. The van der Waals surface area contributed by atoms with Crippen molar-refractivity contribution in [1.82, 2.24) is 0 Å². The number of rotatable bonds is 23. The van der Waals surface area contributed by atoms with E-state index in [0.717, 1.165) is 30.4 Å². The van der Waals surface area contributed by atoms with Crippen molar-refractivity contribution < 1.29 is 55.8 Å². The van der Waals surface area contributed by atoms with Gasteiger partial charge in [0.2, 0.25) is 20.4 Å². The second-order valence-electron chi connectivity index (χ2n) is 17.7. The lowest BCUT2D eigenvalue weighted by Gasteiger charge is -2.39. The van der Waals surface area contributed by atoms with Gasteiger partial charge in [0.1, 0.15) is 0 Å². The average Bonchev–Trinajstić information content (AvgIpc) is 3.01. The van der Waals surface area contributed by atoms with E-state index >= 15 is 9.13 Å². The van der Waals surface area contributed by atoms with Crippen LogP contribution in [0.15, 0.2) is 34.9 Å². The van der Waals surface area contributed by atoms with Gasteiger partial charge in [0.05, 0.1) is 22.9 Å². The third-order valence-corrected chi connectivity index (χ3v) is 14.3. The van der Waals surface area contributed by atoms with Gasteiger partial charge in [0, 0.05) is 0 Å². The lowest BCUT2D eigenvalue weighted by Crippen LogP contribution is -2.33. The molecular formula is C40H72O12P2. The van der Waals surface area contributed by atoms with Crippen molar-refractivity contribution in [2.75, 3.05) is 27.0 Å². The van der Waals surface area contributed by atoms with E-state index in [-0.39, 0.29) is 18.9 Å². The van der Waals surface area contributed by atoms with Crippen molar-refractivity contribution in [3.63, 3.8) is 0 Å². The Morgan fingerprint density at radius 2 is 0.926 bits per heavy atom. The van der Waals surface area contributed by atoms with Gasteiger partial charge in [-0.1, -0.05) is 41.9 Å². The summed E-state index contributed by atoms with van der Waals surface area (Å²) in [6, 6.07) is 0. The molecule has 14 heteroatoms. The minimum absolute atomic E-state index is 0.0721. The molecule has 2 unspecified atom stereocenters. The molecule has 12 nitrogen and oxygen atoms in total. The van der Waals surface area contributed by atoms with Gasteiger partial charge in [-0.3, -0.25) is 37.1 Å². The summed E-state index contributed by atoms with van der Waals surface area (Å²) in [4.78, 5) is 36.0. The van der Waals surface area contributed by atoms with E-state index in [2.05, 4.69) is 12.2 Å². The lowest BCUT2D eigenvalue weighted by molar-refractivity contribution is -0.162. The fourth-order valence-electron chi connectivity index (χ4n) is 4.33. The van der Waals surface area contributed by atoms with E-state index in [9.17, 15) is 14.4 Å². The van der Waals surface area contributed by atoms with Gasteiger partial charge in [0.25, 0.3) is 0 Å². The molecule has 0 spiro atoms. The van der Waals surface area contributed by atoms with Crippen molar-refractivity contribution >= 4 is 33.1 Å². The maximum atomic E-state index is 15.4. The monoisotopic (exact) mass is 806 g/mol. The molecule has 0 aliphatic heterocycles. The highest BCUT2D eigenvalue weighted by atomic mass is 31.2. The van der Waals surface area contributed by atoms with E-state index in [0.29, 0.717) is 12.8 Å². The molecule has 0 aliphatic carbocycles. The van der Waals surface area contributed by atoms with Crippen LogP contribution in [0.1, 0.15) is 149 Å². The van der Waals surface area contributed by atoms with Crippen molar-refractivity contribution in [3.8, 4) is 0 Å². The molecular weight excluding hydrogens is 734 g/mol. The van der Waals surface area contributed by atoms with Gasteiger partial charge < -0.3 is 18.7 Å².